The molecule has 5 aromatic rings. The maximum absolute atomic E-state index is 11.7. The van der Waals surface area contributed by atoms with Crippen molar-refractivity contribution in [3.8, 4) is 0 Å². The van der Waals surface area contributed by atoms with E-state index in [1.54, 1.807) is 12.2 Å². The lowest BCUT2D eigenvalue weighted by molar-refractivity contribution is 0.208. The molecule has 0 heterocycles. The van der Waals surface area contributed by atoms with E-state index in [1.807, 2.05) is 82.3 Å². The van der Waals surface area contributed by atoms with Crippen LogP contribution in [0.2, 0.25) is 0 Å². The van der Waals surface area contributed by atoms with Crippen LogP contribution in [0.5, 0.6) is 0 Å². The lowest BCUT2D eigenvalue weighted by Crippen LogP contribution is -2.39. The molecule has 0 aliphatic heterocycles. The van der Waals surface area contributed by atoms with Gasteiger partial charge in [-0.05, 0) is 105 Å². The number of anilines is 2. The molecule has 5 N–H and O–H groups in total. The van der Waals surface area contributed by atoms with Gasteiger partial charge in [-0.1, -0.05) is 185 Å². The molecule has 326 valence electrons. The second-order valence-corrected chi connectivity index (χ2v) is 17.4. The summed E-state index contributed by atoms with van der Waals surface area (Å²) in [6.45, 7) is 28.9. The highest BCUT2D eigenvalue weighted by Gasteiger charge is 2.29. The van der Waals surface area contributed by atoms with Gasteiger partial charge in [0.25, 0.3) is 0 Å². The highest BCUT2D eigenvalue weighted by atomic mass is 16.4. The lowest BCUT2D eigenvalue weighted by Gasteiger charge is -2.31. The summed E-state index contributed by atoms with van der Waals surface area (Å²) in [5.41, 5.74) is 4.59. The van der Waals surface area contributed by atoms with Crippen LogP contribution in [-0.2, 0) is 10.8 Å². The predicted molar refractivity (Wildman–Crippen MR) is 263 cm³/mol. The van der Waals surface area contributed by atoms with Gasteiger partial charge in [0.05, 0.1) is 11.4 Å². The Hall–Kier alpha value is -5.82. The molecule has 0 saturated carbocycles. The third-order valence-corrected chi connectivity index (χ3v) is 10.9. The Morgan fingerprint density at radius 1 is 0.656 bits per heavy atom. The summed E-state index contributed by atoms with van der Waals surface area (Å²) in [5, 5.41) is 42.9. The van der Waals surface area contributed by atoms with Crippen LogP contribution in [0.4, 0.5) is 21.0 Å². The molecule has 0 atom stereocenters. The van der Waals surface area contributed by atoms with Crippen LogP contribution in [0.3, 0.4) is 0 Å². The van der Waals surface area contributed by atoms with E-state index in [4.69, 9.17) is 0 Å². The number of aliphatic hydroxyl groups excluding tert-OH is 1. The molecule has 7 nitrogen and oxygen atoms in total. The third kappa shape index (κ3) is 12.8. The van der Waals surface area contributed by atoms with E-state index >= 15 is 0 Å². The molecule has 0 aromatic heterocycles. The average molecular weight is 827 g/mol. The van der Waals surface area contributed by atoms with Gasteiger partial charge in [-0.15, -0.1) is 0 Å². The van der Waals surface area contributed by atoms with Gasteiger partial charge in [-0.25, -0.2) is 9.59 Å². The molecule has 0 saturated heterocycles. The van der Waals surface area contributed by atoms with Crippen molar-refractivity contribution >= 4 is 68.0 Å². The number of rotatable bonds is 9. The van der Waals surface area contributed by atoms with E-state index in [0.717, 1.165) is 78.6 Å². The molecule has 61 heavy (non-hydrogen) atoms. The van der Waals surface area contributed by atoms with Crippen molar-refractivity contribution in [3.05, 3.63) is 130 Å². The molecule has 1 aliphatic carbocycles. The van der Waals surface area contributed by atoms with Gasteiger partial charge >= 0.3 is 12.2 Å². The first-order valence-corrected chi connectivity index (χ1v) is 21.7. The smallest absolute Gasteiger partial charge is 0.409 e. The minimum absolute atomic E-state index is 0.171. The summed E-state index contributed by atoms with van der Waals surface area (Å²) >= 11 is 0. The molecule has 0 fully saturated rings. The zero-order valence-electron chi connectivity index (χ0n) is 38.7. The van der Waals surface area contributed by atoms with Crippen LogP contribution in [0.15, 0.2) is 108 Å². The number of hydrogen-bond acceptors (Lipinski definition) is 3. The summed E-state index contributed by atoms with van der Waals surface area (Å²) < 4.78 is 0. The standard InChI is InChI=1S/C27H31NO3.C19H19NO2.C6H14.C2H6/c1-17(2)14-19(29)15-18(3)16-27(4,5)24-22-12-8-6-10-20(22)21-11-7-9-13-23(21)25(24)28-26(30)31;1-19(2,3)16-14-10-6-4-8-12(14)13-9-5-7-11-15(13)17(16)20-18(21)22;1-4-6(3)5-2;1-2/h7,9-15,28-29H,1,6,8,16H2,2-5H3,(H,30,31);4-11,20H,1-3H3,(H,21,22);6H,4-5H2,1-3H3;1-2H3/b18-15+,19-14-;;;. The average Bonchev–Trinajstić information content (AvgIpc) is 3.20. The summed E-state index contributed by atoms with van der Waals surface area (Å²) in [7, 11) is 0. The Morgan fingerprint density at radius 2 is 1.07 bits per heavy atom. The molecule has 1 aliphatic rings. The maximum atomic E-state index is 11.7. The van der Waals surface area contributed by atoms with Gasteiger partial charge in [0, 0.05) is 10.8 Å². The van der Waals surface area contributed by atoms with E-state index < -0.39 is 12.2 Å². The number of amides is 2. The number of carboxylic acid groups (broad SMARTS) is 2. The number of hydrogen-bond donors (Lipinski definition) is 5. The number of aliphatic hydroxyl groups is 1. The largest absolute Gasteiger partial charge is 0.508 e. The van der Waals surface area contributed by atoms with Crippen molar-refractivity contribution < 1.29 is 24.9 Å². The van der Waals surface area contributed by atoms with Crippen LogP contribution in [0.25, 0.3) is 44.5 Å². The highest BCUT2D eigenvalue weighted by Crippen LogP contribution is 2.42. The van der Waals surface area contributed by atoms with Gasteiger partial charge in [0.1, 0.15) is 5.76 Å². The number of allylic oxidation sites excluding steroid dienone is 4. The normalized spacial score (nSPS) is 12.7. The number of fused-ring (bicyclic) bond motifs is 6. The molecule has 7 heteroatoms. The van der Waals surface area contributed by atoms with Crippen LogP contribution in [0.1, 0.15) is 126 Å². The van der Waals surface area contributed by atoms with Crippen LogP contribution < -0.4 is 21.1 Å². The molecule has 5 aromatic carbocycles. The first-order valence-electron chi connectivity index (χ1n) is 21.7. The fourth-order valence-electron chi connectivity index (χ4n) is 8.14. The summed E-state index contributed by atoms with van der Waals surface area (Å²) in [6, 6.07) is 24.1. The topological polar surface area (TPSA) is 119 Å². The summed E-state index contributed by atoms with van der Waals surface area (Å²) in [4.78, 5) is 23.1. The fraction of sp³-hybridized carbons (Fsp3) is 0.370. The second kappa shape index (κ2) is 22.1. The van der Waals surface area contributed by atoms with Gasteiger partial charge in [0.15, 0.2) is 0 Å². The summed E-state index contributed by atoms with van der Waals surface area (Å²) in [6.07, 6.45) is 11.0. The van der Waals surface area contributed by atoms with Crippen molar-refractivity contribution in [1.82, 2.24) is 0 Å². The Labute approximate surface area is 364 Å². The highest BCUT2D eigenvalue weighted by molar-refractivity contribution is 6.17. The van der Waals surface area contributed by atoms with Gasteiger partial charge < -0.3 is 15.3 Å². The van der Waals surface area contributed by atoms with Crippen LogP contribution in [-0.4, -0.2) is 27.5 Å². The van der Waals surface area contributed by atoms with Gasteiger partial charge in [0.2, 0.25) is 0 Å². The molecule has 2 amide bonds. The van der Waals surface area contributed by atoms with E-state index in [0.29, 0.717) is 17.8 Å². The third-order valence-electron chi connectivity index (χ3n) is 10.9. The van der Waals surface area contributed by atoms with E-state index in [1.165, 1.54) is 18.1 Å². The minimum atomic E-state index is -1.07. The molecule has 6 rings (SSSR count). The zero-order valence-corrected chi connectivity index (χ0v) is 38.7. The second-order valence-electron chi connectivity index (χ2n) is 17.4. The number of carbonyl (C=O) groups is 2. The van der Waals surface area contributed by atoms with E-state index in [9.17, 15) is 24.9 Å². The van der Waals surface area contributed by atoms with Crippen molar-refractivity contribution in [2.75, 3.05) is 10.6 Å². The number of benzene rings is 5. The Morgan fingerprint density at radius 3 is 1.51 bits per heavy atom. The predicted octanol–water partition coefficient (Wildman–Crippen LogP) is 14.8. The molecule has 0 spiro atoms. The van der Waals surface area contributed by atoms with E-state index in [-0.39, 0.29) is 16.6 Å². The maximum Gasteiger partial charge on any atom is 0.409 e. The van der Waals surface area contributed by atoms with Crippen molar-refractivity contribution in [2.45, 2.75) is 126 Å². The fourth-order valence-corrected chi connectivity index (χ4v) is 8.14. The Kier molecular flexibility index (Phi) is 18.0. The monoisotopic (exact) mass is 827 g/mol. The SMILES string of the molecule is C=C(C)/C=C(O)/C=C(\C)CC(C)(C)c1c(NC(=O)O)c2ccccc2c2c1=CCCC=2.CC.CC(C)(C)c1c(NC(=O)O)c2ccccc2c2ccccc12.CCC(C)CC. The molecule has 0 unspecified atom stereocenters. The zero-order chi connectivity index (χ0) is 45.7. The van der Waals surface area contributed by atoms with Gasteiger partial charge in [-0.3, -0.25) is 10.6 Å². The molecular weight excluding hydrogens is 757 g/mol. The van der Waals surface area contributed by atoms with Crippen molar-refractivity contribution in [2.24, 2.45) is 5.92 Å². The number of nitrogens with one attached hydrogen (secondary N) is 2. The van der Waals surface area contributed by atoms with E-state index in [2.05, 4.69) is 103 Å². The van der Waals surface area contributed by atoms with Crippen molar-refractivity contribution in [3.63, 3.8) is 0 Å². The van der Waals surface area contributed by atoms with Gasteiger partial charge in [-0.2, -0.15) is 0 Å². The molecular formula is C54H70N2O5. The first kappa shape index (κ1) is 49.5. The summed E-state index contributed by atoms with van der Waals surface area (Å²) in [5.74, 6) is 1.11. The Bertz CT molecular complexity index is 2530. The first-order chi connectivity index (χ1) is 28.8. The minimum Gasteiger partial charge on any atom is -0.508 e. The van der Waals surface area contributed by atoms with Crippen LogP contribution >= 0.6 is 0 Å². The molecule has 0 bridgehead atoms. The quantitative estimate of drug-likeness (QED) is 0.0576. The molecule has 0 radical (unpaired) electrons. The van der Waals surface area contributed by atoms with Crippen molar-refractivity contribution in [1.29, 1.82) is 0 Å². The van der Waals surface area contributed by atoms with Crippen LogP contribution in [0, 0.1) is 5.92 Å². The Balaban J connectivity index is 0.000000287. The lowest BCUT2D eigenvalue weighted by atomic mass is 9.75.